The number of fused-ring (bicyclic) bond motifs is 1. The zero-order chi connectivity index (χ0) is 17.2. The number of rotatable bonds is 5. The summed E-state index contributed by atoms with van der Waals surface area (Å²) in [7, 11) is 0. The lowest BCUT2D eigenvalue weighted by Gasteiger charge is -2.07. The van der Waals surface area contributed by atoms with Crippen LogP contribution in [0.4, 0.5) is 0 Å². The summed E-state index contributed by atoms with van der Waals surface area (Å²) in [4.78, 5) is 21.0. The summed E-state index contributed by atoms with van der Waals surface area (Å²) in [5.41, 5.74) is 3.65. The molecule has 1 fully saturated rings. The van der Waals surface area contributed by atoms with Gasteiger partial charge in [0.15, 0.2) is 0 Å². The molecule has 4 heterocycles. The molecule has 0 radical (unpaired) electrons. The van der Waals surface area contributed by atoms with Gasteiger partial charge in [-0.3, -0.25) is 14.8 Å². The summed E-state index contributed by atoms with van der Waals surface area (Å²) in [6, 6.07) is 5.88. The predicted octanol–water partition coefficient (Wildman–Crippen LogP) is 2.24. The van der Waals surface area contributed by atoms with Crippen LogP contribution in [0.1, 0.15) is 24.2 Å². The molecular formula is C19H21N5O. The average Bonchev–Trinajstić information content (AvgIpc) is 3.24. The summed E-state index contributed by atoms with van der Waals surface area (Å²) in [6.45, 7) is 3.93. The van der Waals surface area contributed by atoms with E-state index in [0.29, 0.717) is 18.8 Å². The van der Waals surface area contributed by atoms with Gasteiger partial charge in [0.1, 0.15) is 5.78 Å². The Morgan fingerprint density at radius 3 is 3.04 bits per heavy atom. The van der Waals surface area contributed by atoms with Gasteiger partial charge in [-0.2, -0.15) is 5.10 Å². The summed E-state index contributed by atoms with van der Waals surface area (Å²) in [5, 5.41) is 8.77. The van der Waals surface area contributed by atoms with E-state index in [1.807, 2.05) is 36.0 Å². The fourth-order valence-electron chi connectivity index (χ4n) is 3.42. The van der Waals surface area contributed by atoms with Crippen molar-refractivity contribution in [3.8, 4) is 5.69 Å². The maximum Gasteiger partial charge on any atom is 0.139 e. The van der Waals surface area contributed by atoms with Gasteiger partial charge in [0, 0.05) is 35.8 Å². The summed E-state index contributed by atoms with van der Waals surface area (Å²) in [6.07, 6.45) is 7.53. The molecule has 0 amide bonds. The van der Waals surface area contributed by atoms with Gasteiger partial charge in [0.05, 0.1) is 23.6 Å². The number of carbonyl (C=O) groups excluding carboxylic acids is 1. The van der Waals surface area contributed by atoms with Crippen molar-refractivity contribution in [1.29, 1.82) is 0 Å². The Balaban J connectivity index is 1.54. The molecule has 0 aliphatic carbocycles. The van der Waals surface area contributed by atoms with Crippen LogP contribution >= 0.6 is 0 Å². The Kier molecular flexibility index (Phi) is 4.28. The van der Waals surface area contributed by atoms with E-state index in [1.165, 1.54) is 0 Å². The minimum atomic E-state index is 0.262. The Bertz CT molecular complexity index is 911. The summed E-state index contributed by atoms with van der Waals surface area (Å²) >= 11 is 0. The normalized spacial score (nSPS) is 17.2. The van der Waals surface area contributed by atoms with Gasteiger partial charge in [-0.25, -0.2) is 4.68 Å². The predicted molar refractivity (Wildman–Crippen MR) is 95.7 cm³/mol. The molecule has 0 aromatic carbocycles. The van der Waals surface area contributed by atoms with Crippen molar-refractivity contribution in [1.82, 2.24) is 25.1 Å². The topological polar surface area (TPSA) is 72.7 Å². The van der Waals surface area contributed by atoms with E-state index in [9.17, 15) is 4.79 Å². The molecule has 1 aliphatic heterocycles. The molecule has 1 atom stereocenters. The van der Waals surface area contributed by atoms with Crippen LogP contribution in [0.2, 0.25) is 0 Å². The van der Waals surface area contributed by atoms with E-state index in [4.69, 9.17) is 0 Å². The molecule has 0 bridgehead atoms. The van der Waals surface area contributed by atoms with Crippen molar-refractivity contribution >= 4 is 16.7 Å². The van der Waals surface area contributed by atoms with E-state index >= 15 is 0 Å². The van der Waals surface area contributed by atoms with Crippen molar-refractivity contribution in [2.75, 3.05) is 13.1 Å². The van der Waals surface area contributed by atoms with E-state index < -0.39 is 0 Å². The first-order chi connectivity index (χ1) is 12.2. The van der Waals surface area contributed by atoms with Crippen molar-refractivity contribution in [3.63, 3.8) is 0 Å². The number of nitrogens with zero attached hydrogens (tertiary/aromatic N) is 4. The molecule has 1 saturated heterocycles. The fourth-order valence-corrected chi connectivity index (χ4v) is 3.42. The van der Waals surface area contributed by atoms with Crippen molar-refractivity contribution < 1.29 is 4.79 Å². The first-order valence-electron chi connectivity index (χ1n) is 8.67. The van der Waals surface area contributed by atoms with Gasteiger partial charge >= 0.3 is 0 Å². The standard InChI is InChI=1S/C19H21N5O/c1-13-6-17(3-5-21-13)24-19-12-22-16(8-15(19)11-23-24)9-18(25)7-14-2-4-20-10-14/h3,5-6,8,11-12,14,20H,2,4,7,9-10H2,1H3. The third kappa shape index (κ3) is 3.44. The number of ketones is 1. The van der Waals surface area contributed by atoms with Gasteiger partial charge in [-0.05, 0) is 50.6 Å². The molecule has 128 valence electrons. The van der Waals surface area contributed by atoms with Crippen LogP contribution in [-0.4, -0.2) is 38.6 Å². The Morgan fingerprint density at radius 1 is 1.32 bits per heavy atom. The smallest absolute Gasteiger partial charge is 0.139 e. The molecule has 4 rings (SSSR count). The number of aromatic nitrogens is 4. The molecule has 0 spiro atoms. The monoisotopic (exact) mass is 335 g/mol. The van der Waals surface area contributed by atoms with Crippen LogP contribution in [0.3, 0.4) is 0 Å². The molecule has 6 nitrogen and oxygen atoms in total. The average molecular weight is 335 g/mol. The second-order valence-corrected chi connectivity index (χ2v) is 6.72. The zero-order valence-corrected chi connectivity index (χ0v) is 14.3. The van der Waals surface area contributed by atoms with Crippen LogP contribution in [0.5, 0.6) is 0 Å². The van der Waals surface area contributed by atoms with Crippen molar-refractivity contribution in [2.45, 2.75) is 26.2 Å². The molecular weight excluding hydrogens is 314 g/mol. The minimum Gasteiger partial charge on any atom is -0.316 e. The van der Waals surface area contributed by atoms with Gasteiger partial charge in [0.2, 0.25) is 0 Å². The Labute approximate surface area is 146 Å². The molecule has 3 aromatic rings. The van der Waals surface area contributed by atoms with E-state index in [-0.39, 0.29) is 5.78 Å². The lowest BCUT2D eigenvalue weighted by atomic mass is 9.99. The number of aryl methyl sites for hydroxylation is 1. The van der Waals surface area contributed by atoms with Crippen LogP contribution in [-0.2, 0) is 11.2 Å². The maximum atomic E-state index is 12.3. The largest absolute Gasteiger partial charge is 0.316 e. The Morgan fingerprint density at radius 2 is 2.24 bits per heavy atom. The second kappa shape index (κ2) is 6.72. The van der Waals surface area contributed by atoms with Gasteiger partial charge in [-0.1, -0.05) is 0 Å². The Hall–Kier alpha value is -2.60. The first-order valence-corrected chi connectivity index (χ1v) is 8.67. The molecule has 1 aliphatic rings. The maximum absolute atomic E-state index is 12.3. The van der Waals surface area contributed by atoms with Crippen LogP contribution in [0.15, 0.2) is 36.8 Å². The number of hydrogen-bond acceptors (Lipinski definition) is 5. The van der Waals surface area contributed by atoms with Crippen molar-refractivity contribution in [2.24, 2.45) is 5.92 Å². The minimum absolute atomic E-state index is 0.262. The molecule has 1 N–H and O–H groups in total. The van der Waals surface area contributed by atoms with Gasteiger partial charge < -0.3 is 5.32 Å². The second-order valence-electron chi connectivity index (χ2n) is 6.72. The van der Waals surface area contributed by atoms with Crippen LogP contribution < -0.4 is 5.32 Å². The van der Waals surface area contributed by atoms with E-state index in [0.717, 1.165) is 47.5 Å². The third-order valence-electron chi connectivity index (χ3n) is 4.69. The highest BCUT2D eigenvalue weighted by Crippen LogP contribution is 2.20. The zero-order valence-electron chi connectivity index (χ0n) is 14.3. The highest BCUT2D eigenvalue weighted by atomic mass is 16.1. The molecule has 3 aromatic heterocycles. The number of pyridine rings is 2. The molecule has 1 unspecified atom stereocenters. The van der Waals surface area contributed by atoms with Gasteiger partial charge in [0.25, 0.3) is 0 Å². The van der Waals surface area contributed by atoms with Gasteiger partial charge in [-0.15, -0.1) is 0 Å². The summed E-state index contributed by atoms with van der Waals surface area (Å²) < 4.78 is 1.85. The number of hydrogen-bond donors (Lipinski definition) is 1. The number of carbonyl (C=O) groups is 1. The molecule has 6 heteroatoms. The van der Waals surface area contributed by atoms with Crippen LogP contribution in [0.25, 0.3) is 16.6 Å². The highest BCUT2D eigenvalue weighted by molar-refractivity contribution is 5.84. The number of Topliss-reactive ketones (excluding diaryl/α,β-unsaturated/α-hetero) is 1. The number of nitrogens with one attached hydrogen (secondary N) is 1. The molecule has 25 heavy (non-hydrogen) atoms. The lowest BCUT2D eigenvalue weighted by Crippen LogP contribution is -2.14. The molecule has 0 saturated carbocycles. The summed E-state index contributed by atoms with van der Waals surface area (Å²) in [5.74, 6) is 0.742. The van der Waals surface area contributed by atoms with E-state index in [1.54, 1.807) is 12.4 Å². The van der Waals surface area contributed by atoms with Crippen molar-refractivity contribution in [3.05, 3.63) is 48.2 Å². The third-order valence-corrected chi connectivity index (χ3v) is 4.69. The van der Waals surface area contributed by atoms with E-state index in [2.05, 4.69) is 20.4 Å². The first kappa shape index (κ1) is 15.9. The van der Waals surface area contributed by atoms with Crippen LogP contribution in [0, 0.1) is 12.8 Å². The fraction of sp³-hybridized carbons (Fsp3) is 0.368. The SMILES string of the molecule is Cc1cc(-n2ncc3cc(CC(=O)CC4CCNC4)ncc32)ccn1. The lowest BCUT2D eigenvalue weighted by molar-refractivity contribution is -0.119. The quantitative estimate of drug-likeness (QED) is 0.774. The highest BCUT2D eigenvalue weighted by Gasteiger charge is 2.18.